The quantitative estimate of drug-likeness (QED) is 0.171. The Balaban J connectivity index is 1.06. The maximum atomic E-state index is 6.63. The molecule has 2 unspecified atom stereocenters. The minimum atomic E-state index is 0.0329. The van der Waals surface area contributed by atoms with Gasteiger partial charge in [0.05, 0.1) is 6.04 Å². The van der Waals surface area contributed by atoms with E-state index in [1.165, 1.54) is 39.1 Å². The van der Waals surface area contributed by atoms with Crippen molar-refractivity contribution < 1.29 is 4.42 Å². The lowest BCUT2D eigenvalue weighted by molar-refractivity contribution is 0.584. The van der Waals surface area contributed by atoms with Crippen LogP contribution >= 0.6 is 0 Å². The predicted octanol–water partition coefficient (Wildman–Crippen LogP) is 12.6. The van der Waals surface area contributed by atoms with E-state index in [1.54, 1.807) is 0 Å². The first-order valence-corrected chi connectivity index (χ1v) is 19.0. The number of rotatable bonds is 6. The van der Waals surface area contributed by atoms with Gasteiger partial charge in [0.25, 0.3) is 0 Å². The summed E-state index contributed by atoms with van der Waals surface area (Å²) in [6.07, 6.45) is 4.48. The molecule has 0 saturated carbocycles. The molecule has 0 amide bonds. The van der Waals surface area contributed by atoms with Gasteiger partial charge in [-0.05, 0) is 76.4 Å². The van der Waals surface area contributed by atoms with Gasteiger partial charge in [-0.1, -0.05) is 146 Å². The molecule has 1 aliphatic carbocycles. The van der Waals surface area contributed by atoms with E-state index in [1.807, 2.05) is 60.7 Å². The predicted molar refractivity (Wildman–Crippen MR) is 226 cm³/mol. The summed E-state index contributed by atoms with van der Waals surface area (Å²) in [5, 5.41) is 1.07. The van der Waals surface area contributed by atoms with Crippen LogP contribution in [0.4, 0.5) is 11.4 Å². The third-order valence-electron chi connectivity index (χ3n) is 11.0. The number of furan rings is 1. The van der Waals surface area contributed by atoms with Crippen LogP contribution in [0.3, 0.4) is 0 Å². The van der Waals surface area contributed by atoms with Gasteiger partial charge < -0.3 is 9.32 Å². The van der Waals surface area contributed by atoms with E-state index in [4.69, 9.17) is 19.4 Å². The first-order chi connectivity index (χ1) is 27.7. The fraction of sp³-hybridized carbons (Fsp3) is 0.0392. The molecule has 0 spiro atoms. The fourth-order valence-electron chi connectivity index (χ4n) is 8.49. The highest BCUT2D eigenvalue weighted by Gasteiger charge is 2.43. The zero-order chi connectivity index (χ0) is 37.0. The molecule has 0 saturated heterocycles. The van der Waals surface area contributed by atoms with Gasteiger partial charge in [-0.25, -0.2) is 15.0 Å². The minimum Gasteiger partial charge on any atom is -0.456 e. The van der Waals surface area contributed by atoms with Crippen LogP contribution in [0.15, 0.2) is 192 Å². The van der Waals surface area contributed by atoms with Crippen LogP contribution in [0.2, 0.25) is 0 Å². The van der Waals surface area contributed by atoms with E-state index >= 15 is 0 Å². The molecule has 5 heteroatoms. The van der Waals surface area contributed by atoms with E-state index in [-0.39, 0.29) is 12.0 Å². The van der Waals surface area contributed by atoms with Crippen LogP contribution in [0.1, 0.15) is 22.8 Å². The Hall–Kier alpha value is -7.37. The molecule has 0 fully saturated rings. The minimum absolute atomic E-state index is 0.0329. The maximum Gasteiger partial charge on any atom is 0.164 e. The van der Waals surface area contributed by atoms with E-state index in [0.29, 0.717) is 17.5 Å². The number of para-hydroxylation sites is 1. The second-order valence-corrected chi connectivity index (χ2v) is 14.4. The smallest absolute Gasteiger partial charge is 0.164 e. The molecule has 56 heavy (non-hydrogen) atoms. The lowest BCUT2D eigenvalue weighted by Gasteiger charge is -2.31. The average Bonchev–Trinajstić information content (AvgIpc) is 3.82. The topological polar surface area (TPSA) is 55.1 Å². The second-order valence-electron chi connectivity index (χ2n) is 14.4. The Bertz CT molecular complexity index is 2810. The Morgan fingerprint density at radius 1 is 0.446 bits per heavy atom. The highest BCUT2D eigenvalue weighted by molar-refractivity contribution is 5.93. The van der Waals surface area contributed by atoms with Crippen molar-refractivity contribution in [1.82, 2.24) is 15.0 Å². The van der Waals surface area contributed by atoms with Crippen LogP contribution in [-0.4, -0.2) is 21.0 Å². The summed E-state index contributed by atoms with van der Waals surface area (Å²) in [4.78, 5) is 17.5. The molecular formula is C51H34N4O. The van der Waals surface area contributed by atoms with Crippen molar-refractivity contribution in [3.8, 4) is 56.4 Å². The van der Waals surface area contributed by atoms with Crippen LogP contribution in [0.5, 0.6) is 0 Å². The highest BCUT2D eigenvalue weighted by Crippen LogP contribution is 2.54. The molecular weight excluding hydrogens is 685 g/mol. The summed E-state index contributed by atoms with van der Waals surface area (Å²) < 4.78 is 6.63. The van der Waals surface area contributed by atoms with Gasteiger partial charge in [-0.2, -0.15) is 0 Å². The average molecular weight is 719 g/mol. The molecule has 11 rings (SSSR count). The Morgan fingerprint density at radius 2 is 0.964 bits per heavy atom. The monoisotopic (exact) mass is 718 g/mol. The second kappa shape index (κ2) is 13.2. The molecule has 2 aliphatic rings. The zero-order valence-corrected chi connectivity index (χ0v) is 30.3. The molecule has 7 aromatic carbocycles. The molecule has 3 heterocycles. The molecule has 2 aromatic heterocycles. The standard InChI is InChI=1S/C51H34N4O/c1-5-15-33(16-6-1)38-29-39(34-17-7-2-8-18-34)31-40(30-38)55-43-24-14-13-23-41(43)47-44(55)26-28-46-48(47)42-32-37(25-27-45(42)56-46)51-53-49(35-19-9-3-10-20-35)52-50(54-51)36-21-11-4-12-22-36/h1-32,44,47H. The first kappa shape index (κ1) is 32.1. The van der Waals surface area contributed by atoms with E-state index in [9.17, 15) is 0 Å². The number of aromatic nitrogens is 3. The third kappa shape index (κ3) is 5.44. The van der Waals surface area contributed by atoms with Crippen molar-refractivity contribution in [3.63, 3.8) is 0 Å². The molecule has 2 atom stereocenters. The number of benzene rings is 7. The summed E-state index contributed by atoms with van der Waals surface area (Å²) in [7, 11) is 0. The first-order valence-electron chi connectivity index (χ1n) is 19.0. The molecule has 5 nitrogen and oxygen atoms in total. The number of hydrogen-bond donors (Lipinski definition) is 0. The van der Waals surface area contributed by atoms with Crippen molar-refractivity contribution in [2.75, 3.05) is 4.90 Å². The van der Waals surface area contributed by atoms with Gasteiger partial charge in [0.1, 0.15) is 11.3 Å². The molecule has 1 aliphatic heterocycles. The number of anilines is 2. The van der Waals surface area contributed by atoms with Crippen molar-refractivity contribution in [2.45, 2.75) is 12.0 Å². The summed E-state index contributed by atoms with van der Waals surface area (Å²) in [5.41, 5.74) is 13.2. The lowest BCUT2D eigenvalue weighted by atomic mass is 9.82. The number of hydrogen-bond acceptors (Lipinski definition) is 5. The molecule has 0 radical (unpaired) electrons. The van der Waals surface area contributed by atoms with Crippen molar-refractivity contribution in [3.05, 3.63) is 205 Å². The van der Waals surface area contributed by atoms with Crippen LogP contribution in [-0.2, 0) is 0 Å². The van der Waals surface area contributed by atoms with Gasteiger partial charge in [0, 0.05) is 44.9 Å². The molecule has 9 aromatic rings. The lowest BCUT2D eigenvalue weighted by Crippen LogP contribution is -2.30. The Kier molecular flexibility index (Phi) is 7.56. The summed E-state index contributed by atoms with van der Waals surface area (Å²) >= 11 is 0. The summed E-state index contributed by atoms with van der Waals surface area (Å²) in [5.74, 6) is 2.83. The van der Waals surface area contributed by atoms with Crippen molar-refractivity contribution in [1.29, 1.82) is 0 Å². The Labute approximate surface area is 324 Å². The largest absolute Gasteiger partial charge is 0.456 e. The van der Waals surface area contributed by atoms with Crippen molar-refractivity contribution in [2.24, 2.45) is 0 Å². The normalized spacial score (nSPS) is 15.4. The van der Waals surface area contributed by atoms with Gasteiger partial charge in [0.15, 0.2) is 17.5 Å². The van der Waals surface area contributed by atoms with Crippen molar-refractivity contribution >= 4 is 28.4 Å². The number of nitrogens with zero attached hydrogens (tertiary/aromatic N) is 4. The zero-order valence-electron chi connectivity index (χ0n) is 30.3. The van der Waals surface area contributed by atoms with E-state index < -0.39 is 0 Å². The molecule has 0 bridgehead atoms. The highest BCUT2D eigenvalue weighted by atomic mass is 16.3. The third-order valence-corrected chi connectivity index (χ3v) is 11.0. The fourth-order valence-corrected chi connectivity index (χ4v) is 8.49. The SMILES string of the molecule is C1=CC2C(c3ccccc3N2c2cc(-c3ccccc3)cc(-c3ccccc3)c2)c2c1oc1ccc(-c3nc(-c4ccccc4)nc(-c4ccccc4)n3)cc21. The van der Waals surface area contributed by atoms with Gasteiger partial charge in [0.2, 0.25) is 0 Å². The van der Waals surface area contributed by atoms with Gasteiger partial charge >= 0.3 is 0 Å². The molecule has 0 N–H and O–H groups in total. The Morgan fingerprint density at radius 3 is 1.55 bits per heavy atom. The van der Waals surface area contributed by atoms with E-state index in [0.717, 1.165) is 39.1 Å². The summed E-state index contributed by atoms with van der Waals surface area (Å²) in [6.45, 7) is 0. The molecule has 264 valence electrons. The maximum absolute atomic E-state index is 6.63. The van der Waals surface area contributed by atoms with E-state index in [2.05, 4.69) is 138 Å². The van der Waals surface area contributed by atoms with Gasteiger partial charge in [-0.15, -0.1) is 0 Å². The van der Waals surface area contributed by atoms with Gasteiger partial charge in [-0.3, -0.25) is 0 Å². The van der Waals surface area contributed by atoms with Crippen LogP contribution in [0, 0.1) is 0 Å². The van der Waals surface area contributed by atoms with Crippen LogP contribution in [0.25, 0.3) is 73.5 Å². The van der Waals surface area contributed by atoms with Crippen LogP contribution < -0.4 is 4.90 Å². The summed E-state index contributed by atoms with van der Waals surface area (Å²) in [6, 6.07) is 63.7. The number of fused-ring (bicyclic) bond motifs is 7.